The van der Waals surface area contributed by atoms with E-state index in [-0.39, 0.29) is 12.2 Å². The highest BCUT2D eigenvalue weighted by Crippen LogP contribution is 2.11. The fourth-order valence-electron chi connectivity index (χ4n) is 1.41. The monoisotopic (exact) mass is 238 g/mol. The number of benzene rings is 1. The molecule has 0 aliphatic carbocycles. The number of hydrogen-bond acceptors (Lipinski definition) is 3. The number of hydrogen-bond donors (Lipinski definition) is 0. The van der Waals surface area contributed by atoms with E-state index in [1.807, 2.05) is 13.0 Å². The van der Waals surface area contributed by atoms with Gasteiger partial charge in [-0.1, -0.05) is 25.1 Å². The number of ether oxygens (including phenoxy) is 1. The molecule has 0 aliphatic heterocycles. The maximum Gasteiger partial charge on any atom is 0.348 e. The molecule has 92 valence electrons. The van der Waals surface area contributed by atoms with Gasteiger partial charge in [0.25, 0.3) is 6.17 Å². The minimum absolute atomic E-state index is 0.0571. The van der Waals surface area contributed by atoms with Crippen LogP contribution in [0.1, 0.15) is 29.8 Å². The summed E-state index contributed by atoms with van der Waals surface area (Å²) in [7, 11) is 0. The summed E-state index contributed by atoms with van der Waals surface area (Å²) in [5.74, 6) is -1.97. The summed E-state index contributed by atoms with van der Waals surface area (Å²) in [6.07, 6.45) is -1.49. The molecule has 1 unspecified atom stereocenters. The molecule has 0 fully saturated rings. The van der Waals surface area contributed by atoms with E-state index in [9.17, 15) is 14.0 Å². The largest absolute Gasteiger partial charge is 0.463 e. The summed E-state index contributed by atoms with van der Waals surface area (Å²) < 4.78 is 17.9. The number of carbonyl (C=O) groups excluding carboxylic acids is 2. The summed E-state index contributed by atoms with van der Waals surface area (Å²) >= 11 is 0. The zero-order valence-corrected chi connectivity index (χ0v) is 9.90. The molecule has 1 aromatic carbocycles. The van der Waals surface area contributed by atoms with E-state index in [4.69, 9.17) is 0 Å². The van der Waals surface area contributed by atoms with Crippen molar-refractivity contribution in [2.24, 2.45) is 0 Å². The van der Waals surface area contributed by atoms with Gasteiger partial charge in [-0.2, -0.15) is 0 Å². The Labute approximate surface area is 99.6 Å². The third kappa shape index (κ3) is 3.37. The molecular weight excluding hydrogens is 223 g/mol. The van der Waals surface area contributed by atoms with Crippen molar-refractivity contribution in [1.82, 2.24) is 0 Å². The smallest absolute Gasteiger partial charge is 0.348 e. The van der Waals surface area contributed by atoms with Crippen LogP contribution in [-0.2, 0) is 16.0 Å². The summed E-state index contributed by atoms with van der Waals surface area (Å²) in [6.45, 7) is 3.55. The van der Waals surface area contributed by atoms with Crippen LogP contribution in [0.4, 0.5) is 4.39 Å². The van der Waals surface area contributed by atoms with Gasteiger partial charge < -0.3 is 4.74 Å². The molecule has 1 atom stereocenters. The van der Waals surface area contributed by atoms with Gasteiger partial charge in [0.05, 0.1) is 6.61 Å². The molecule has 0 saturated heterocycles. The van der Waals surface area contributed by atoms with Gasteiger partial charge in [0.2, 0.25) is 5.78 Å². The van der Waals surface area contributed by atoms with Gasteiger partial charge in [-0.05, 0) is 25.0 Å². The zero-order valence-electron chi connectivity index (χ0n) is 9.90. The molecule has 0 bridgehead atoms. The van der Waals surface area contributed by atoms with E-state index in [1.54, 1.807) is 19.1 Å². The number of halogens is 1. The standard InChI is InChI=1S/C13H15FO3/c1-3-9-6-5-7-10(8-9)12(15)11(14)13(16)17-4-2/h5-8,11H,3-4H2,1-2H3. The van der Waals surface area contributed by atoms with E-state index in [1.165, 1.54) is 6.07 Å². The van der Waals surface area contributed by atoms with Crippen molar-refractivity contribution in [3.05, 3.63) is 35.4 Å². The summed E-state index contributed by atoms with van der Waals surface area (Å²) in [4.78, 5) is 22.7. The predicted molar refractivity (Wildman–Crippen MR) is 61.7 cm³/mol. The Morgan fingerprint density at radius 2 is 2.06 bits per heavy atom. The molecule has 0 radical (unpaired) electrons. The van der Waals surface area contributed by atoms with E-state index in [0.717, 1.165) is 12.0 Å². The highest BCUT2D eigenvalue weighted by Gasteiger charge is 2.28. The average molecular weight is 238 g/mol. The van der Waals surface area contributed by atoms with Gasteiger partial charge in [-0.25, -0.2) is 9.18 Å². The SMILES string of the molecule is CCOC(=O)C(F)C(=O)c1cccc(CC)c1. The van der Waals surface area contributed by atoms with Crippen molar-refractivity contribution in [3.63, 3.8) is 0 Å². The lowest BCUT2D eigenvalue weighted by atomic mass is 10.0. The molecule has 0 heterocycles. The van der Waals surface area contributed by atoms with Crippen molar-refractivity contribution < 1.29 is 18.7 Å². The number of alkyl halides is 1. The second-order valence-corrected chi connectivity index (χ2v) is 3.53. The van der Waals surface area contributed by atoms with Crippen molar-refractivity contribution in [2.75, 3.05) is 6.61 Å². The Morgan fingerprint density at radius 1 is 1.35 bits per heavy atom. The Morgan fingerprint density at radius 3 is 2.65 bits per heavy atom. The van der Waals surface area contributed by atoms with Crippen LogP contribution in [0.15, 0.2) is 24.3 Å². The summed E-state index contributed by atoms with van der Waals surface area (Å²) in [6, 6.07) is 6.60. The van der Waals surface area contributed by atoms with Gasteiger partial charge in [0.1, 0.15) is 0 Å². The number of esters is 1. The molecule has 4 heteroatoms. The third-order valence-electron chi connectivity index (χ3n) is 2.34. The van der Waals surface area contributed by atoms with Gasteiger partial charge in [-0.3, -0.25) is 4.79 Å². The molecule has 1 aromatic rings. The van der Waals surface area contributed by atoms with Crippen molar-refractivity contribution in [3.8, 4) is 0 Å². The maximum atomic E-state index is 13.5. The van der Waals surface area contributed by atoms with E-state index in [0.29, 0.717) is 0 Å². The molecule has 17 heavy (non-hydrogen) atoms. The first-order valence-electron chi connectivity index (χ1n) is 5.54. The van der Waals surface area contributed by atoms with Gasteiger partial charge in [-0.15, -0.1) is 0 Å². The van der Waals surface area contributed by atoms with E-state index >= 15 is 0 Å². The Bertz CT molecular complexity index is 415. The lowest BCUT2D eigenvalue weighted by Crippen LogP contribution is -2.27. The topological polar surface area (TPSA) is 43.4 Å². The second kappa shape index (κ2) is 6.13. The molecule has 0 aliphatic rings. The highest BCUT2D eigenvalue weighted by molar-refractivity contribution is 6.11. The molecule has 0 amide bonds. The maximum absolute atomic E-state index is 13.5. The number of ketones is 1. The molecule has 1 rings (SSSR count). The van der Waals surface area contributed by atoms with Gasteiger partial charge in [0.15, 0.2) is 0 Å². The van der Waals surface area contributed by atoms with Crippen LogP contribution in [0.25, 0.3) is 0 Å². The van der Waals surface area contributed by atoms with Crippen LogP contribution >= 0.6 is 0 Å². The zero-order chi connectivity index (χ0) is 12.8. The number of aryl methyl sites for hydroxylation is 1. The lowest BCUT2D eigenvalue weighted by Gasteiger charge is -2.07. The normalized spacial score (nSPS) is 11.9. The van der Waals surface area contributed by atoms with Crippen LogP contribution in [0.3, 0.4) is 0 Å². The Balaban J connectivity index is 2.84. The molecular formula is C13H15FO3. The van der Waals surface area contributed by atoms with Gasteiger partial charge in [0, 0.05) is 5.56 Å². The summed E-state index contributed by atoms with van der Waals surface area (Å²) in [5.41, 5.74) is 1.12. The van der Waals surface area contributed by atoms with E-state index in [2.05, 4.69) is 4.74 Å². The predicted octanol–water partition coefficient (Wildman–Crippen LogP) is 2.33. The van der Waals surface area contributed by atoms with E-state index < -0.39 is 17.9 Å². The van der Waals surface area contributed by atoms with Crippen LogP contribution in [0, 0.1) is 0 Å². The quantitative estimate of drug-likeness (QED) is 0.449. The molecule has 0 saturated carbocycles. The van der Waals surface area contributed by atoms with Crippen molar-refractivity contribution >= 4 is 11.8 Å². The van der Waals surface area contributed by atoms with Crippen LogP contribution < -0.4 is 0 Å². The molecule has 0 aromatic heterocycles. The minimum atomic E-state index is -2.23. The molecule has 0 N–H and O–H groups in total. The average Bonchev–Trinajstić information content (AvgIpc) is 2.37. The first-order valence-corrected chi connectivity index (χ1v) is 5.54. The van der Waals surface area contributed by atoms with Crippen LogP contribution in [-0.4, -0.2) is 24.5 Å². The number of Topliss-reactive ketones (excluding diaryl/α,β-unsaturated/α-hetero) is 1. The van der Waals surface area contributed by atoms with Crippen molar-refractivity contribution in [2.45, 2.75) is 26.4 Å². The highest BCUT2D eigenvalue weighted by atomic mass is 19.1. The van der Waals surface area contributed by atoms with Crippen LogP contribution in [0.5, 0.6) is 0 Å². The fourth-order valence-corrected chi connectivity index (χ4v) is 1.41. The minimum Gasteiger partial charge on any atom is -0.463 e. The van der Waals surface area contributed by atoms with Crippen LogP contribution in [0.2, 0.25) is 0 Å². The van der Waals surface area contributed by atoms with Crippen molar-refractivity contribution in [1.29, 1.82) is 0 Å². The van der Waals surface area contributed by atoms with Gasteiger partial charge >= 0.3 is 5.97 Å². The first kappa shape index (κ1) is 13.4. The fraction of sp³-hybridized carbons (Fsp3) is 0.385. The third-order valence-corrected chi connectivity index (χ3v) is 2.34. The number of rotatable bonds is 5. The molecule has 0 spiro atoms. The second-order valence-electron chi connectivity index (χ2n) is 3.53. The lowest BCUT2D eigenvalue weighted by molar-refractivity contribution is -0.147. The first-order chi connectivity index (χ1) is 8.10. The molecule has 3 nitrogen and oxygen atoms in total. The number of carbonyl (C=O) groups is 2. The summed E-state index contributed by atoms with van der Waals surface area (Å²) in [5, 5.41) is 0. The Kier molecular flexibility index (Phi) is 4.82. The Hall–Kier alpha value is -1.71.